The summed E-state index contributed by atoms with van der Waals surface area (Å²) < 4.78 is 0. The van der Waals surface area contributed by atoms with E-state index in [1.165, 1.54) is 48.6 Å². The van der Waals surface area contributed by atoms with Crippen LogP contribution in [0, 0.1) is 0 Å². The molecule has 0 radical (unpaired) electrons. The Morgan fingerprint density at radius 3 is 1.52 bits per heavy atom. The summed E-state index contributed by atoms with van der Waals surface area (Å²) in [6.45, 7) is 0. The molecule has 9 aromatic carbocycles. The van der Waals surface area contributed by atoms with Gasteiger partial charge in [0.1, 0.15) is 0 Å². The Hall–Kier alpha value is -7.92. The maximum absolute atomic E-state index is 5.58. The first-order valence-corrected chi connectivity index (χ1v) is 22.6. The van der Waals surface area contributed by atoms with E-state index in [2.05, 4.69) is 188 Å². The molecule has 3 heterocycles. The van der Waals surface area contributed by atoms with E-state index in [1.54, 1.807) is 0 Å². The van der Waals surface area contributed by atoms with Crippen molar-refractivity contribution in [3.8, 4) is 67.4 Å². The summed E-state index contributed by atoms with van der Waals surface area (Å²) in [7, 11) is 0. The summed E-state index contributed by atoms with van der Waals surface area (Å²) in [5, 5.41) is 3.50. The van der Waals surface area contributed by atoms with E-state index in [9.17, 15) is 0 Å². The summed E-state index contributed by atoms with van der Waals surface area (Å²) in [5.41, 5.74) is 17.6. The number of aromatic nitrogens is 3. The largest absolute Gasteiger partial charge is 0.247 e. The molecule has 0 amide bonds. The SMILES string of the molecule is c1ccc(-c2cc(-c3ccc(-c4ccc5c(c4)nc(-c4ccccc4)c4cc6c(cc45)Sc4ccccc4C64c5ccccc5-c5ccccc54)cc3)nc(-c3ccccc3)n2)cc1. The number of nitrogens with zero attached hydrogens (tertiary/aromatic N) is 3. The van der Waals surface area contributed by atoms with Crippen molar-refractivity contribution in [3.63, 3.8) is 0 Å². The number of fused-ring (bicyclic) bond motifs is 12. The van der Waals surface area contributed by atoms with Crippen LogP contribution in [0.4, 0.5) is 0 Å². The van der Waals surface area contributed by atoms with Crippen LogP contribution in [-0.4, -0.2) is 15.0 Å². The lowest BCUT2D eigenvalue weighted by molar-refractivity contribution is 0.724. The summed E-state index contributed by atoms with van der Waals surface area (Å²) in [5.74, 6) is 0.708. The van der Waals surface area contributed by atoms with E-state index < -0.39 is 5.41 Å². The van der Waals surface area contributed by atoms with E-state index in [-0.39, 0.29) is 0 Å². The molecule has 0 N–H and O–H groups in total. The molecule has 13 rings (SSSR count). The second-order valence-electron chi connectivity index (χ2n) is 16.7. The summed E-state index contributed by atoms with van der Waals surface area (Å²) in [4.78, 5) is 18.2. The van der Waals surface area contributed by atoms with Crippen molar-refractivity contribution < 1.29 is 0 Å². The molecule has 1 aliphatic heterocycles. The van der Waals surface area contributed by atoms with Crippen molar-refractivity contribution in [2.45, 2.75) is 15.2 Å². The zero-order chi connectivity index (χ0) is 42.2. The fraction of sp³-hybridized carbons (Fsp3) is 0.0167. The second-order valence-corrected chi connectivity index (χ2v) is 17.7. The maximum Gasteiger partial charge on any atom is 0.160 e. The Bertz CT molecular complexity index is 3520. The van der Waals surface area contributed by atoms with Gasteiger partial charge >= 0.3 is 0 Å². The molecule has 298 valence electrons. The van der Waals surface area contributed by atoms with Crippen LogP contribution in [0.5, 0.6) is 0 Å². The van der Waals surface area contributed by atoms with E-state index in [0.29, 0.717) is 5.82 Å². The molecule has 2 aliphatic rings. The lowest BCUT2D eigenvalue weighted by Crippen LogP contribution is -2.32. The normalized spacial score (nSPS) is 13.1. The monoisotopic (exact) mass is 831 g/mol. The third-order valence-electron chi connectivity index (χ3n) is 13.2. The van der Waals surface area contributed by atoms with Crippen LogP contribution in [0.2, 0.25) is 0 Å². The van der Waals surface area contributed by atoms with E-state index in [4.69, 9.17) is 15.0 Å². The van der Waals surface area contributed by atoms with Gasteiger partial charge in [0.15, 0.2) is 5.82 Å². The first-order chi connectivity index (χ1) is 31.7. The van der Waals surface area contributed by atoms with Crippen LogP contribution in [0.25, 0.3) is 89.1 Å². The smallest absolute Gasteiger partial charge is 0.160 e. The third kappa shape index (κ3) is 5.66. The highest BCUT2D eigenvalue weighted by molar-refractivity contribution is 7.99. The van der Waals surface area contributed by atoms with Crippen LogP contribution in [0.3, 0.4) is 0 Å². The van der Waals surface area contributed by atoms with Crippen molar-refractivity contribution >= 4 is 33.4 Å². The molecule has 0 bridgehead atoms. The summed E-state index contributed by atoms with van der Waals surface area (Å²) in [6.07, 6.45) is 0. The van der Waals surface area contributed by atoms with Crippen molar-refractivity contribution in [1.82, 2.24) is 15.0 Å². The molecular weight excluding hydrogens is 795 g/mol. The Morgan fingerprint density at radius 2 is 0.844 bits per heavy atom. The average Bonchev–Trinajstić information content (AvgIpc) is 3.66. The molecule has 64 heavy (non-hydrogen) atoms. The van der Waals surface area contributed by atoms with Gasteiger partial charge in [-0.15, -0.1) is 0 Å². The van der Waals surface area contributed by atoms with Gasteiger partial charge in [-0.3, -0.25) is 0 Å². The van der Waals surface area contributed by atoms with Gasteiger partial charge in [-0.25, -0.2) is 15.0 Å². The van der Waals surface area contributed by atoms with E-state index in [0.717, 1.165) is 66.8 Å². The van der Waals surface area contributed by atoms with Crippen molar-refractivity contribution in [2.24, 2.45) is 0 Å². The topological polar surface area (TPSA) is 38.7 Å². The number of pyridine rings is 1. The predicted octanol–water partition coefficient (Wildman–Crippen LogP) is 15.3. The first kappa shape index (κ1) is 36.7. The number of hydrogen-bond donors (Lipinski definition) is 0. The Balaban J connectivity index is 0.970. The molecule has 0 saturated heterocycles. The van der Waals surface area contributed by atoms with Crippen molar-refractivity contribution in [3.05, 3.63) is 247 Å². The Kier molecular flexibility index (Phi) is 8.37. The predicted molar refractivity (Wildman–Crippen MR) is 263 cm³/mol. The molecular formula is C60H37N3S. The molecule has 0 atom stereocenters. The van der Waals surface area contributed by atoms with Crippen LogP contribution in [0.15, 0.2) is 234 Å². The fourth-order valence-electron chi connectivity index (χ4n) is 10.3. The first-order valence-electron chi connectivity index (χ1n) is 21.8. The zero-order valence-corrected chi connectivity index (χ0v) is 35.4. The molecule has 0 saturated carbocycles. The van der Waals surface area contributed by atoms with E-state index in [1.807, 2.05) is 48.2 Å². The molecule has 0 fully saturated rings. The summed E-state index contributed by atoms with van der Waals surface area (Å²) >= 11 is 1.89. The van der Waals surface area contributed by atoms with Gasteiger partial charge in [0, 0.05) is 42.8 Å². The number of hydrogen-bond acceptors (Lipinski definition) is 4. The fourth-order valence-corrected chi connectivity index (χ4v) is 11.5. The summed E-state index contributed by atoms with van der Waals surface area (Å²) in [6, 6.07) is 80.8. The van der Waals surface area contributed by atoms with Gasteiger partial charge in [-0.2, -0.15) is 0 Å². The molecule has 0 unspecified atom stereocenters. The molecule has 1 aliphatic carbocycles. The van der Waals surface area contributed by atoms with Crippen molar-refractivity contribution in [1.29, 1.82) is 0 Å². The molecule has 3 nitrogen and oxygen atoms in total. The van der Waals surface area contributed by atoms with E-state index >= 15 is 0 Å². The highest BCUT2D eigenvalue weighted by atomic mass is 32.2. The minimum atomic E-state index is -0.463. The maximum atomic E-state index is 5.58. The second kappa shape index (κ2) is 14.6. The van der Waals surface area contributed by atoms with Gasteiger partial charge in [-0.1, -0.05) is 206 Å². The average molecular weight is 832 g/mol. The van der Waals surface area contributed by atoms with Crippen LogP contribution >= 0.6 is 11.8 Å². The Labute approximate surface area is 375 Å². The zero-order valence-electron chi connectivity index (χ0n) is 34.6. The standard InChI is InChI=1S/C60H37N3S/c1-4-16-39(17-5-1)53-37-54(63-59(62-53)42-20-8-3-9-21-42)40-30-28-38(29-31-40)43-32-33-46-47-36-57-52(35-48(47)58(61-55(46)34-43)41-18-6-2-7-19-41)60(51-26-14-15-27-56(51)64-57)49-24-12-10-22-44(49)45-23-11-13-25-50(45)60/h1-37H. The number of benzene rings is 9. The van der Waals surface area contributed by atoms with Crippen LogP contribution in [-0.2, 0) is 5.41 Å². The number of rotatable bonds is 5. The highest BCUT2D eigenvalue weighted by Crippen LogP contribution is 2.62. The molecule has 1 spiro atoms. The van der Waals surface area contributed by atoms with Gasteiger partial charge in [-0.05, 0) is 80.2 Å². The minimum absolute atomic E-state index is 0.463. The minimum Gasteiger partial charge on any atom is -0.247 e. The van der Waals surface area contributed by atoms with Gasteiger partial charge in [0.2, 0.25) is 0 Å². The highest BCUT2D eigenvalue weighted by Gasteiger charge is 2.50. The van der Waals surface area contributed by atoms with Crippen molar-refractivity contribution in [2.75, 3.05) is 0 Å². The molecule has 4 heteroatoms. The van der Waals surface area contributed by atoms with Gasteiger partial charge < -0.3 is 0 Å². The van der Waals surface area contributed by atoms with Gasteiger partial charge in [0.25, 0.3) is 0 Å². The van der Waals surface area contributed by atoms with Crippen LogP contribution in [0.1, 0.15) is 22.3 Å². The quantitative estimate of drug-likeness (QED) is 0.162. The molecule has 2 aromatic heterocycles. The lowest BCUT2D eigenvalue weighted by atomic mass is 9.67. The Morgan fingerprint density at radius 1 is 0.312 bits per heavy atom. The molecule has 11 aromatic rings. The van der Waals surface area contributed by atoms with Gasteiger partial charge in [0.05, 0.1) is 28.0 Å². The third-order valence-corrected chi connectivity index (χ3v) is 14.3. The van der Waals surface area contributed by atoms with Crippen LogP contribution < -0.4 is 0 Å². The lowest BCUT2D eigenvalue weighted by Gasteiger charge is -2.40.